The normalized spacial score (nSPS) is 10.3. The summed E-state index contributed by atoms with van der Waals surface area (Å²) in [5.74, 6) is 0.168. The molecule has 24 heavy (non-hydrogen) atoms. The van der Waals surface area contributed by atoms with Gasteiger partial charge in [-0.2, -0.15) is 0 Å². The topological polar surface area (TPSA) is 58.2 Å². The molecule has 4 nitrogen and oxygen atoms in total. The third-order valence-electron chi connectivity index (χ3n) is 2.97. The number of benzene rings is 2. The molecule has 2 aromatic carbocycles. The molecule has 2 amide bonds. The Morgan fingerprint density at radius 1 is 1.00 bits per heavy atom. The van der Waals surface area contributed by atoms with E-state index in [4.69, 9.17) is 0 Å². The van der Waals surface area contributed by atoms with Crippen molar-refractivity contribution in [1.82, 2.24) is 0 Å². The second-order valence-electron chi connectivity index (χ2n) is 5.08. The highest BCUT2D eigenvalue weighted by atomic mass is 79.9. The van der Waals surface area contributed by atoms with Gasteiger partial charge < -0.3 is 10.6 Å². The van der Waals surface area contributed by atoms with Crippen molar-refractivity contribution >= 4 is 66.8 Å². The summed E-state index contributed by atoms with van der Waals surface area (Å²) in [5, 5.41) is 5.63. The molecule has 0 unspecified atom stereocenters. The molecule has 2 aromatic rings. The first-order valence-electron chi connectivity index (χ1n) is 7.13. The van der Waals surface area contributed by atoms with Gasteiger partial charge in [0.1, 0.15) is 0 Å². The molecule has 0 atom stereocenters. The van der Waals surface area contributed by atoms with E-state index in [1.165, 1.54) is 11.8 Å². The van der Waals surface area contributed by atoms with Crippen LogP contribution in [0.4, 0.5) is 11.4 Å². The van der Waals surface area contributed by atoms with Crippen molar-refractivity contribution in [1.29, 1.82) is 0 Å². The highest BCUT2D eigenvalue weighted by Crippen LogP contribution is 2.26. The van der Waals surface area contributed by atoms with Crippen molar-refractivity contribution < 1.29 is 9.59 Å². The third kappa shape index (κ3) is 6.30. The lowest BCUT2D eigenvalue weighted by Gasteiger charge is -2.08. The molecule has 0 fully saturated rings. The molecule has 0 spiro atoms. The summed E-state index contributed by atoms with van der Waals surface area (Å²) in [6.45, 7) is 1.97. The molecule has 0 aromatic heterocycles. The molecule has 0 heterocycles. The Hall–Kier alpha value is -1.31. The van der Waals surface area contributed by atoms with Crippen LogP contribution in [0.5, 0.6) is 0 Å². The number of anilines is 2. The summed E-state index contributed by atoms with van der Waals surface area (Å²) in [4.78, 5) is 23.8. The minimum Gasteiger partial charge on any atom is -0.325 e. The van der Waals surface area contributed by atoms with E-state index in [1.807, 2.05) is 43.3 Å². The molecule has 2 rings (SSSR count). The quantitative estimate of drug-likeness (QED) is 0.634. The molecular formula is C17H16Br2N2O2S. The van der Waals surface area contributed by atoms with Gasteiger partial charge in [0.25, 0.3) is 0 Å². The molecule has 7 heteroatoms. The predicted octanol–water partition coefficient (Wildman–Crippen LogP) is 4.83. The van der Waals surface area contributed by atoms with Crippen LogP contribution in [-0.2, 0) is 9.59 Å². The smallest absolute Gasteiger partial charge is 0.234 e. The second kappa shape index (κ2) is 9.25. The zero-order chi connectivity index (χ0) is 17.5. The van der Waals surface area contributed by atoms with Crippen molar-refractivity contribution in [2.75, 3.05) is 22.1 Å². The van der Waals surface area contributed by atoms with E-state index in [0.29, 0.717) is 5.69 Å². The second-order valence-corrected chi connectivity index (χ2v) is 7.84. The van der Waals surface area contributed by atoms with Gasteiger partial charge in [-0.1, -0.05) is 28.1 Å². The van der Waals surface area contributed by atoms with Gasteiger partial charge in [-0.25, -0.2) is 0 Å². The fourth-order valence-electron chi connectivity index (χ4n) is 1.93. The fraction of sp³-hybridized carbons (Fsp3) is 0.176. The highest BCUT2D eigenvalue weighted by molar-refractivity contribution is 9.11. The summed E-state index contributed by atoms with van der Waals surface area (Å²) in [6, 6.07) is 13.1. The van der Waals surface area contributed by atoms with Crippen molar-refractivity contribution in [2.24, 2.45) is 0 Å². The van der Waals surface area contributed by atoms with Crippen molar-refractivity contribution in [3.05, 3.63) is 57.0 Å². The molecule has 0 bridgehead atoms. The zero-order valence-corrected chi connectivity index (χ0v) is 16.9. The number of nitrogens with one attached hydrogen (secondary N) is 2. The van der Waals surface area contributed by atoms with Gasteiger partial charge in [-0.05, 0) is 58.7 Å². The van der Waals surface area contributed by atoms with Crippen LogP contribution in [0.1, 0.15) is 5.56 Å². The van der Waals surface area contributed by atoms with Gasteiger partial charge >= 0.3 is 0 Å². The number of carbonyl (C=O) groups excluding carboxylic acids is 2. The SMILES string of the molecule is Cc1cccc(NC(=O)CSCC(=O)Nc2ccc(Br)cc2Br)c1. The largest absolute Gasteiger partial charge is 0.325 e. The number of amides is 2. The Morgan fingerprint density at radius 2 is 1.71 bits per heavy atom. The van der Waals surface area contributed by atoms with Crippen LogP contribution in [0.25, 0.3) is 0 Å². The van der Waals surface area contributed by atoms with Gasteiger partial charge in [0.15, 0.2) is 0 Å². The van der Waals surface area contributed by atoms with E-state index < -0.39 is 0 Å². The number of carbonyl (C=O) groups is 2. The van der Waals surface area contributed by atoms with E-state index in [-0.39, 0.29) is 23.3 Å². The molecule has 0 aliphatic carbocycles. The van der Waals surface area contributed by atoms with Crippen LogP contribution < -0.4 is 10.6 Å². The van der Waals surface area contributed by atoms with Gasteiger partial charge in [0.05, 0.1) is 17.2 Å². The van der Waals surface area contributed by atoms with Crippen LogP contribution in [0, 0.1) is 6.92 Å². The standard InChI is InChI=1S/C17H16Br2N2O2S/c1-11-3-2-4-13(7-11)20-16(22)9-24-10-17(23)21-15-6-5-12(18)8-14(15)19/h2-8H,9-10H2,1H3,(H,20,22)(H,21,23). The molecule has 0 aliphatic rings. The van der Waals surface area contributed by atoms with Crippen LogP contribution in [-0.4, -0.2) is 23.3 Å². The van der Waals surface area contributed by atoms with Crippen molar-refractivity contribution in [2.45, 2.75) is 6.92 Å². The first kappa shape index (κ1) is 19.0. The maximum atomic E-state index is 11.9. The fourth-order valence-corrected chi connectivity index (χ4v) is 3.70. The summed E-state index contributed by atoms with van der Waals surface area (Å²) in [7, 11) is 0. The number of hydrogen-bond acceptors (Lipinski definition) is 3. The average Bonchev–Trinajstić information content (AvgIpc) is 2.50. The van der Waals surface area contributed by atoms with Gasteiger partial charge in [0.2, 0.25) is 11.8 Å². The van der Waals surface area contributed by atoms with Crippen molar-refractivity contribution in [3.8, 4) is 0 Å². The van der Waals surface area contributed by atoms with Crippen LogP contribution in [0.15, 0.2) is 51.4 Å². The first-order valence-corrected chi connectivity index (χ1v) is 9.87. The molecule has 0 saturated carbocycles. The van der Waals surface area contributed by atoms with Gasteiger partial charge in [0, 0.05) is 14.6 Å². The van der Waals surface area contributed by atoms with Gasteiger partial charge in [-0.15, -0.1) is 11.8 Å². The summed E-state index contributed by atoms with van der Waals surface area (Å²) >= 11 is 8.03. The number of thioether (sulfide) groups is 1. The molecule has 0 saturated heterocycles. The van der Waals surface area contributed by atoms with Crippen LogP contribution in [0.3, 0.4) is 0 Å². The van der Waals surface area contributed by atoms with Gasteiger partial charge in [-0.3, -0.25) is 9.59 Å². The monoisotopic (exact) mass is 470 g/mol. The predicted molar refractivity (Wildman–Crippen MR) is 108 cm³/mol. The van der Waals surface area contributed by atoms with E-state index in [2.05, 4.69) is 42.5 Å². The maximum Gasteiger partial charge on any atom is 0.234 e. The van der Waals surface area contributed by atoms with E-state index in [0.717, 1.165) is 20.2 Å². The minimum absolute atomic E-state index is 0.122. The Morgan fingerprint density at radius 3 is 2.38 bits per heavy atom. The lowest BCUT2D eigenvalue weighted by molar-refractivity contribution is -0.114. The van der Waals surface area contributed by atoms with E-state index >= 15 is 0 Å². The molecule has 0 aliphatic heterocycles. The van der Waals surface area contributed by atoms with Crippen LogP contribution in [0.2, 0.25) is 0 Å². The first-order chi connectivity index (χ1) is 11.4. The number of hydrogen-bond donors (Lipinski definition) is 2. The Bertz CT molecular complexity index is 753. The Balaban J connectivity index is 1.75. The summed E-state index contributed by atoms with van der Waals surface area (Å²) < 4.78 is 1.72. The van der Waals surface area contributed by atoms with E-state index in [1.54, 1.807) is 6.07 Å². The highest BCUT2D eigenvalue weighted by Gasteiger charge is 2.08. The lowest BCUT2D eigenvalue weighted by atomic mass is 10.2. The molecule has 2 N–H and O–H groups in total. The third-order valence-corrected chi connectivity index (χ3v) is 5.06. The number of aryl methyl sites for hydroxylation is 1. The van der Waals surface area contributed by atoms with Crippen molar-refractivity contribution in [3.63, 3.8) is 0 Å². The van der Waals surface area contributed by atoms with Crippen LogP contribution >= 0.6 is 43.6 Å². The molecule has 126 valence electrons. The van der Waals surface area contributed by atoms with E-state index in [9.17, 15) is 9.59 Å². The number of halogens is 2. The summed E-state index contributed by atoms with van der Waals surface area (Å²) in [6.07, 6.45) is 0. The minimum atomic E-state index is -0.147. The average molecular weight is 472 g/mol. The maximum absolute atomic E-state index is 11.9. The molecule has 0 radical (unpaired) electrons. The summed E-state index contributed by atoms with van der Waals surface area (Å²) in [5.41, 5.74) is 2.55. The Kier molecular flexibility index (Phi) is 7.33. The Labute approximate surface area is 162 Å². The lowest BCUT2D eigenvalue weighted by Crippen LogP contribution is -2.18. The zero-order valence-electron chi connectivity index (χ0n) is 12.9. The number of rotatable bonds is 6. The molecular weight excluding hydrogens is 456 g/mol.